The summed E-state index contributed by atoms with van der Waals surface area (Å²) in [7, 11) is 0. The number of benzene rings is 2. The monoisotopic (exact) mass is 442 g/mol. The van der Waals surface area contributed by atoms with Gasteiger partial charge in [0.1, 0.15) is 0 Å². The van der Waals surface area contributed by atoms with Gasteiger partial charge in [0.25, 0.3) is 5.91 Å². The summed E-state index contributed by atoms with van der Waals surface area (Å²) in [5.74, 6) is 0.870. The third-order valence-corrected chi connectivity index (χ3v) is 8.17. The second-order valence-electron chi connectivity index (χ2n) is 10.2. The highest BCUT2D eigenvalue weighted by Gasteiger charge is 2.33. The van der Waals surface area contributed by atoms with Crippen molar-refractivity contribution in [3.63, 3.8) is 0 Å². The van der Waals surface area contributed by atoms with Crippen molar-refractivity contribution in [1.29, 1.82) is 0 Å². The summed E-state index contributed by atoms with van der Waals surface area (Å²) in [4.78, 5) is 21.3. The summed E-state index contributed by atoms with van der Waals surface area (Å²) in [6, 6.07) is 17.2. The number of rotatable bonds is 5. The van der Waals surface area contributed by atoms with Crippen LogP contribution in [0.25, 0.3) is 10.9 Å². The van der Waals surface area contributed by atoms with Crippen LogP contribution in [0.3, 0.4) is 0 Å². The van der Waals surface area contributed by atoms with Crippen LogP contribution in [0, 0.1) is 5.92 Å². The van der Waals surface area contributed by atoms with Crippen LogP contribution in [0.1, 0.15) is 48.0 Å². The molecule has 3 heterocycles. The van der Waals surface area contributed by atoms with Gasteiger partial charge < -0.3 is 15.2 Å². The molecule has 33 heavy (non-hydrogen) atoms. The van der Waals surface area contributed by atoms with Gasteiger partial charge >= 0.3 is 0 Å². The minimum Gasteiger partial charge on any atom is -0.365 e. The topological polar surface area (TPSA) is 51.4 Å². The Kier molecular flexibility index (Phi) is 5.58. The van der Waals surface area contributed by atoms with Gasteiger partial charge in [0.05, 0.1) is 0 Å². The molecular weight excluding hydrogens is 408 g/mol. The summed E-state index contributed by atoms with van der Waals surface area (Å²) < 4.78 is 0. The lowest BCUT2D eigenvalue weighted by Gasteiger charge is -2.45. The number of aromatic nitrogens is 1. The van der Waals surface area contributed by atoms with Crippen LogP contribution in [0.2, 0.25) is 0 Å². The number of piperazine rings is 1. The molecule has 1 saturated heterocycles. The standard InChI is InChI=1S/C28H34N4O/c33-28(21-5-2-1-3-6-21)30-23-11-9-20(10-12-23)13-14-31-15-16-32-24(19-31)17-22-18-29-25-7-4-8-26(32)27(22)25/h1-8,18,20,23-24,29H,9-17,19H2,(H,30,33). The maximum atomic E-state index is 12.4. The molecular formula is C28H34N4O. The first-order chi connectivity index (χ1) is 16.2. The van der Waals surface area contributed by atoms with Crippen molar-refractivity contribution in [2.24, 2.45) is 5.92 Å². The first-order valence-corrected chi connectivity index (χ1v) is 12.7. The van der Waals surface area contributed by atoms with E-state index >= 15 is 0 Å². The van der Waals surface area contributed by atoms with E-state index in [1.807, 2.05) is 30.3 Å². The normalized spacial score (nSPS) is 25.1. The lowest BCUT2D eigenvalue weighted by Crippen LogP contribution is -2.55. The second-order valence-corrected chi connectivity index (χ2v) is 10.2. The molecule has 2 aromatic carbocycles. The predicted molar refractivity (Wildman–Crippen MR) is 134 cm³/mol. The Bertz CT molecular complexity index is 1120. The Morgan fingerprint density at radius 2 is 1.85 bits per heavy atom. The highest BCUT2D eigenvalue weighted by Crippen LogP contribution is 2.38. The van der Waals surface area contributed by atoms with Gasteiger partial charge in [-0.15, -0.1) is 0 Å². The fourth-order valence-electron chi connectivity index (χ4n) is 6.32. The van der Waals surface area contributed by atoms with E-state index in [9.17, 15) is 4.79 Å². The Labute approximate surface area is 196 Å². The van der Waals surface area contributed by atoms with Crippen molar-refractivity contribution in [3.05, 3.63) is 65.9 Å². The smallest absolute Gasteiger partial charge is 0.251 e. The number of amides is 1. The Morgan fingerprint density at radius 3 is 2.70 bits per heavy atom. The van der Waals surface area contributed by atoms with Gasteiger partial charge in [-0.3, -0.25) is 9.69 Å². The van der Waals surface area contributed by atoms with Crippen LogP contribution in [-0.4, -0.2) is 54.1 Å². The van der Waals surface area contributed by atoms with Crippen molar-refractivity contribution >= 4 is 22.5 Å². The average Bonchev–Trinajstić information content (AvgIpc) is 3.28. The molecule has 1 amide bonds. The second kappa shape index (κ2) is 8.86. The summed E-state index contributed by atoms with van der Waals surface area (Å²) in [6.45, 7) is 4.67. The zero-order valence-electron chi connectivity index (χ0n) is 19.3. The van der Waals surface area contributed by atoms with Gasteiger partial charge in [0, 0.05) is 60.1 Å². The zero-order valence-corrected chi connectivity index (χ0v) is 19.3. The number of nitrogens with zero attached hydrogens (tertiary/aromatic N) is 2. The fraction of sp³-hybridized carbons (Fsp3) is 0.464. The maximum Gasteiger partial charge on any atom is 0.251 e. The van der Waals surface area contributed by atoms with Gasteiger partial charge in [-0.1, -0.05) is 24.3 Å². The van der Waals surface area contributed by atoms with E-state index in [4.69, 9.17) is 0 Å². The van der Waals surface area contributed by atoms with Gasteiger partial charge in [-0.25, -0.2) is 0 Å². The molecule has 2 fully saturated rings. The third kappa shape index (κ3) is 4.15. The van der Waals surface area contributed by atoms with Crippen molar-refractivity contribution in [3.8, 4) is 0 Å². The Hall–Kier alpha value is -2.79. The van der Waals surface area contributed by atoms with Crippen molar-refractivity contribution in [1.82, 2.24) is 15.2 Å². The van der Waals surface area contributed by atoms with E-state index in [1.54, 1.807) is 0 Å². The lowest BCUT2D eigenvalue weighted by atomic mass is 9.83. The molecule has 5 heteroatoms. The SMILES string of the molecule is O=C(NC1CCC(CCN2CCN3c4cccc5[nH]cc(c45)CC3C2)CC1)c1ccccc1. The molecule has 6 rings (SSSR count). The minimum atomic E-state index is 0.0747. The number of hydrogen-bond acceptors (Lipinski definition) is 3. The largest absolute Gasteiger partial charge is 0.365 e. The minimum absolute atomic E-state index is 0.0747. The number of fused-ring (bicyclic) bond motifs is 2. The van der Waals surface area contributed by atoms with Crippen LogP contribution in [-0.2, 0) is 6.42 Å². The summed E-state index contributed by atoms with van der Waals surface area (Å²) in [6.07, 6.45) is 9.35. The average molecular weight is 443 g/mol. The molecule has 1 aromatic heterocycles. The van der Waals surface area contributed by atoms with Gasteiger partial charge in [0.15, 0.2) is 0 Å². The molecule has 172 valence electrons. The van der Waals surface area contributed by atoms with Crippen LogP contribution in [0.5, 0.6) is 0 Å². The zero-order chi connectivity index (χ0) is 22.2. The molecule has 3 aliphatic rings. The van der Waals surface area contributed by atoms with Gasteiger partial charge in [-0.2, -0.15) is 0 Å². The quantitative estimate of drug-likeness (QED) is 0.608. The molecule has 1 unspecified atom stereocenters. The predicted octanol–water partition coefficient (Wildman–Crippen LogP) is 4.59. The highest BCUT2D eigenvalue weighted by molar-refractivity contribution is 5.97. The Balaban J connectivity index is 0.979. The summed E-state index contributed by atoms with van der Waals surface area (Å²) >= 11 is 0. The summed E-state index contributed by atoms with van der Waals surface area (Å²) in [5, 5.41) is 4.69. The Morgan fingerprint density at radius 1 is 1.00 bits per heavy atom. The molecule has 2 N–H and O–H groups in total. The molecule has 5 nitrogen and oxygen atoms in total. The van der Waals surface area contributed by atoms with Gasteiger partial charge in [-0.05, 0) is 80.8 Å². The number of carbonyl (C=O) groups excluding carboxylic acids is 1. The maximum absolute atomic E-state index is 12.4. The van der Waals surface area contributed by atoms with E-state index in [0.29, 0.717) is 12.1 Å². The summed E-state index contributed by atoms with van der Waals surface area (Å²) in [5.41, 5.74) is 4.96. The van der Waals surface area contributed by atoms with E-state index in [-0.39, 0.29) is 5.91 Å². The number of hydrogen-bond donors (Lipinski definition) is 2. The molecule has 0 bridgehead atoms. The van der Waals surface area contributed by atoms with E-state index in [2.05, 4.69) is 44.5 Å². The number of nitrogens with one attached hydrogen (secondary N) is 2. The van der Waals surface area contributed by atoms with Crippen LogP contribution < -0.4 is 10.2 Å². The number of H-pyrrole nitrogens is 1. The van der Waals surface area contributed by atoms with Gasteiger partial charge in [0.2, 0.25) is 0 Å². The van der Waals surface area contributed by atoms with Crippen molar-refractivity contribution in [2.45, 2.75) is 50.6 Å². The molecule has 1 aliphatic carbocycles. The first kappa shape index (κ1) is 20.8. The van der Waals surface area contributed by atoms with Crippen molar-refractivity contribution < 1.29 is 4.79 Å². The van der Waals surface area contributed by atoms with E-state index in [0.717, 1.165) is 43.8 Å². The van der Waals surface area contributed by atoms with Crippen molar-refractivity contribution in [2.75, 3.05) is 31.1 Å². The van der Waals surface area contributed by atoms with Crippen LogP contribution >= 0.6 is 0 Å². The van der Waals surface area contributed by atoms with E-state index in [1.165, 1.54) is 54.5 Å². The number of anilines is 1. The molecule has 0 radical (unpaired) electrons. The molecule has 3 aromatic rings. The molecule has 1 saturated carbocycles. The third-order valence-electron chi connectivity index (χ3n) is 8.17. The molecule has 2 aliphatic heterocycles. The van der Waals surface area contributed by atoms with Crippen LogP contribution in [0.4, 0.5) is 5.69 Å². The highest BCUT2D eigenvalue weighted by atomic mass is 16.1. The molecule has 0 spiro atoms. The van der Waals surface area contributed by atoms with E-state index < -0.39 is 0 Å². The number of carbonyl (C=O) groups is 1. The fourth-order valence-corrected chi connectivity index (χ4v) is 6.32. The first-order valence-electron chi connectivity index (χ1n) is 12.7. The van der Waals surface area contributed by atoms with Crippen LogP contribution in [0.15, 0.2) is 54.7 Å². The molecule has 1 atom stereocenters. The number of aromatic amines is 1. The lowest BCUT2D eigenvalue weighted by molar-refractivity contribution is 0.0919.